The molecule has 0 rings (SSSR count). The van der Waals surface area contributed by atoms with Gasteiger partial charge in [0.05, 0.1) is 11.6 Å². The van der Waals surface area contributed by atoms with Gasteiger partial charge in [-0.3, -0.25) is 0 Å². The van der Waals surface area contributed by atoms with E-state index >= 15 is 0 Å². The Bertz CT molecular complexity index is 254. The Morgan fingerprint density at radius 2 is 2.21 bits per heavy atom. The van der Waals surface area contributed by atoms with Crippen LogP contribution in [0.3, 0.4) is 0 Å². The van der Waals surface area contributed by atoms with Crippen molar-refractivity contribution in [2.75, 3.05) is 13.6 Å². The Morgan fingerprint density at radius 1 is 1.43 bits per heavy atom. The molecular weight excluding hydrogens is 172 g/mol. The van der Waals surface area contributed by atoms with Crippen LogP contribution in [0.5, 0.6) is 0 Å². The van der Waals surface area contributed by atoms with E-state index in [2.05, 4.69) is 11.4 Å². The summed E-state index contributed by atoms with van der Waals surface area (Å²) in [5, 5.41) is 11.8. The molecule has 2 nitrogen and oxygen atoms in total. The third-order valence-corrected chi connectivity index (χ3v) is 1.64. The van der Waals surface area contributed by atoms with Crippen molar-refractivity contribution < 1.29 is 0 Å². The topological polar surface area (TPSA) is 35.8 Å². The van der Waals surface area contributed by atoms with Crippen molar-refractivity contribution in [2.45, 2.75) is 19.8 Å². The van der Waals surface area contributed by atoms with Crippen molar-refractivity contribution in [1.82, 2.24) is 5.32 Å². The molecule has 0 spiro atoms. The lowest BCUT2D eigenvalue weighted by Crippen LogP contribution is -2.05. The van der Waals surface area contributed by atoms with Crippen molar-refractivity contribution in [3.8, 4) is 6.07 Å². The van der Waals surface area contributed by atoms with Crippen LogP contribution in [-0.4, -0.2) is 13.6 Å². The fourth-order valence-electron chi connectivity index (χ4n) is 0.871. The summed E-state index contributed by atoms with van der Waals surface area (Å²) in [5.74, 6) is 0. The Morgan fingerprint density at radius 3 is 2.79 bits per heavy atom. The predicted octanol–water partition coefficient (Wildman–Crippen LogP) is 2.57. The van der Waals surface area contributed by atoms with Gasteiger partial charge in [0, 0.05) is 0 Å². The van der Waals surface area contributed by atoms with Gasteiger partial charge in [-0.1, -0.05) is 25.2 Å². The second kappa shape index (κ2) is 9.76. The van der Waals surface area contributed by atoms with Crippen LogP contribution in [0.15, 0.2) is 36.0 Å². The van der Waals surface area contributed by atoms with Crippen LogP contribution in [0.1, 0.15) is 19.8 Å². The summed E-state index contributed by atoms with van der Waals surface area (Å²) in [6.45, 7) is 3.02. The van der Waals surface area contributed by atoms with Gasteiger partial charge in [-0.25, -0.2) is 0 Å². The molecule has 0 radical (unpaired) electrons. The van der Waals surface area contributed by atoms with Gasteiger partial charge in [-0.15, -0.1) is 0 Å². The zero-order valence-corrected chi connectivity index (χ0v) is 8.96. The maximum Gasteiger partial charge on any atom is 0.0991 e. The largest absolute Gasteiger partial charge is 0.319 e. The molecule has 0 heterocycles. The molecule has 0 unspecified atom stereocenters. The SMILES string of the molecule is CC\C=C/C(C#N)=C\C=C\CCNC. The van der Waals surface area contributed by atoms with Gasteiger partial charge in [0.15, 0.2) is 0 Å². The lowest BCUT2D eigenvalue weighted by Gasteiger charge is -1.89. The fourth-order valence-corrected chi connectivity index (χ4v) is 0.871. The first-order chi connectivity index (χ1) is 6.85. The Kier molecular flexibility index (Phi) is 8.83. The lowest BCUT2D eigenvalue weighted by atomic mass is 10.2. The van der Waals surface area contributed by atoms with Crippen molar-refractivity contribution >= 4 is 0 Å². The van der Waals surface area contributed by atoms with Gasteiger partial charge in [0.25, 0.3) is 0 Å². The molecule has 0 aliphatic heterocycles. The van der Waals surface area contributed by atoms with E-state index in [0.717, 1.165) is 19.4 Å². The summed E-state index contributed by atoms with van der Waals surface area (Å²) in [5.41, 5.74) is 0.701. The summed E-state index contributed by atoms with van der Waals surface area (Å²) >= 11 is 0. The lowest BCUT2D eigenvalue weighted by molar-refractivity contribution is 0.808. The first-order valence-corrected chi connectivity index (χ1v) is 4.93. The van der Waals surface area contributed by atoms with Crippen LogP contribution in [0.4, 0.5) is 0 Å². The monoisotopic (exact) mass is 190 g/mol. The molecule has 14 heavy (non-hydrogen) atoms. The van der Waals surface area contributed by atoms with Crippen LogP contribution in [0.25, 0.3) is 0 Å². The van der Waals surface area contributed by atoms with Gasteiger partial charge in [0.1, 0.15) is 0 Å². The molecule has 0 amide bonds. The van der Waals surface area contributed by atoms with E-state index in [4.69, 9.17) is 5.26 Å². The van der Waals surface area contributed by atoms with Gasteiger partial charge in [0.2, 0.25) is 0 Å². The van der Waals surface area contributed by atoms with E-state index in [0.29, 0.717) is 5.57 Å². The fraction of sp³-hybridized carbons (Fsp3) is 0.417. The summed E-state index contributed by atoms with van der Waals surface area (Å²) in [6.07, 6.45) is 11.6. The molecule has 0 aromatic rings. The third-order valence-electron chi connectivity index (χ3n) is 1.64. The van der Waals surface area contributed by atoms with E-state index in [1.54, 1.807) is 0 Å². The molecule has 0 aromatic heterocycles. The number of nitrogens with zero attached hydrogens (tertiary/aromatic N) is 1. The molecule has 76 valence electrons. The quantitative estimate of drug-likeness (QED) is 0.397. The number of hydrogen-bond donors (Lipinski definition) is 1. The van der Waals surface area contributed by atoms with E-state index in [1.165, 1.54) is 0 Å². The summed E-state index contributed by atoms with van der Waals surface area (Å²) in [6, 6.07) is 2.14. The number of hydrogen-bond acceptors (Lipinski definition) is 2. The predicted molar refractivity (Wildman–Crippen MR) is 60.8 cm³/mol. The Balaban J connectivity index is 3.99. The van der Waals surface area contributed by atoms with Crippen molar-refractivity contribution in [3.05, 3.63) is 36.0 Å². The second-order valence-corrected chi connectivity index (χ2v) is 2.86. The highest BCUT2D eigenvalue weighted by Gasteiger charge is 1.83. The van der Waals surface area contributed by atoms with Gasteiger partial charge >= 0.3 is 0 Å². The standard InChI is InChI=1S/C12H18N2/c1-3-4-8-12(11-13)9-6-5-7-10-14-2/h4-6,8-9,14H,3,7,10H2,1-2H3/b6-5+,8-4-,12-9+. The van der Waals surface area contributed by atoms with Crippen LogP contribution in [0.2, 0.25) is 0 Å². The van der Waals surface area contributed by atoms with E-state index in [-0.39, 0.29) is 0 Å². The van der Waals surface area contributed by atoms with Gasteiger partial charge in [-0.2, -0.15) is 5.26 Å². The van der Waals surface area contributed by atoms with Gasteiger partial charge in [-0.05, 0) is 38.6 Å². The van der Waals surface area contributed by atoms with E-state index in [1.807, 2.05) is 44.4 Å². The number of nitrogens with one attached hydrogen (secondary N) is 1. The maximum absolute atomic E-state index is 8.74. The van der Waals surface area contributed by atoms with E-state index < -0.39 is 0 Å². The highest BCUT2D eigenvalue weighted by Crippen LogP contribution is 1.97. The molecule has 0 saturated heterocycles. The van der Waals surface area contributed by atoms with Crippen LogP contribution < -0.4 is 5.32 Å². The molecule has 0 aliphatic carbocycles. The summed E-state index contributed by atoms with van der Waals surface area (Å²) in [4.78, 5) is 0. The van der Waals surface area contributed by atoms with Crippen molar-refractivity contribution in [3.63, 3.8) is 0 Å². The average molecular weight is 190 g/mol. The molecule has 0 atom stereocenters. The number of allylic oxidation sites excluding steroid dienone is 5. The van der Waals surface area contributed by atoms with Gasteiger partial charge < -0.3 is 5.32 Å². The Hall–Kier alpha value is -1.33. The number of rotatable bonds is 6. The minimum atomic E-state index is 0.701. The highest BCUT2D eigenvalue weighted by molar-refractivity contribution is 5.35. The molecule has 1 N–H and O–H groups in total. The van der Waals surface area contributed by atoms with Crippen LogP contribution in [0, 0.1) is 11.3 Å². The smallest absolute Gasteiger partial charge is 0.0991 e. The maximum atomic E-state index is 8.74. The van der Waals surface area contributed by atoms with E-state index in [9.17, 15) is 0 Å². The average Bonchev–Trinajstić information content (AvgIpc) is 2.22. The first kappa shape index (κ1) is 12.7. The highest BCUT2D eigenvalue weighted by atomic mass is 14.8. The van der Waals surface area contributed by atoms with Crippen LogP contribution >= 0.6 is 0 Å². The minimum absolute atomic E-state index is 0.701. The summed E-state index contributed by atoms with van der Waals surface area (Å²) in [7, 11) is 1.92. The molecule has 0 bridgehead atoms. The molecule has 0 aliphatic rings. The van der Waals surface area contributed by atoms with Crippen molar-refractivity contribution in [2.24, 2.45) is 0 Å². The normalized spacial score (nSPS) is 12.5. The third kappa shape index (κ3) is 7.33. The summed E-state index contributed by atoms with van der Waals surface area (Å²) < 4.78 is 0. The Labute approximate surface area is 86.6 Å². The van der Waals surface area contributed by atoms with Crippen molar-refractivity contribution in [1.29, 1.82) is 5.26 Å². The molecule has 2 heteroatoms. The zero-order valence-electron chi connectivity index (χ0n) is 8.96. The minimum Gasteiger partial charge on any atom is -0.319 e. The molecule has 0 aromatic carbocycles. The zero-order chi connectivity index (χ0) is 10.6. The second-order valence-electron chi connectivity index (χ2n) is 2.86. The number of nitriles is 1. The first-order valence-electron chi connectivity index (χ1n) is 4.93. The molecule has 0 fully saturated rings. The van der Waals surface area contributed by atoms with Crippen LogP contribution in [-0.2, 0) is 0 Å². The molecular formula is C12H18N2. The molecule has 0 saturated carbocycles.